The van der Waals surface area contributed by atoms with Crippen LogP contribution in [-0.4, -0.2) is 36.3 Å². The summed E-state index contributed by atoms with van der Waals surface area (Å²) in [4.78, 5) is 26.5. The van der Waals surface area contributed by atoms with Crippen molar-refractivity contribution in [2.45, 2.75) is 44.9 Å². The molecule has 0 bridgehead atoms. The number of halogens is 1. The fourth-order valence-electron chi connectivity index (χ4n) is 3.51. The summed E-state index contributed by atoms with van der Waals surface area (Å²) in [5.74, 6) is 0.225. The minimum atomic E-state index is -0.469. The van der Waals surface area contributed by atoms with E-state index in [1.54, 1.807) is 12.1 Å². The van der Waals surface area contributed by atoms with Crippen LogP contribution in [0.5, 0.6) is 0 Å². The highest BCUT2D eigenvalue weighted by atomic mass is 19.1. The average molecular weight is 346 g/mol. The van der Waals surface area contributed by atoms with Gasteiger partial charge in [-0.15, -0.1) is 0 Å². The second kappa shape index (κ2) is 7.14. The molecule has 0 radical (unpaired) electrons. The number of nitrogens with zero attached hydrogens (tertiary/aromatic N) is 1. The largest absolute Gasteiger partial charge is 0.355 e. The molecule has 25 heavy (non-hydrogen) atoms. The molecule has 1 aliphatic heterocycles. The molecule has 1 aromatic rings. The molecule has 0 spiro atoms. The zero-order chi connectivity index (χ0) is 18.0. The van der Waals surface area contributed by atoms with Gasteiger partial charge >= 0.3 is 0 Å². The number of amides is 2. The van der Waals surface area contributed by atoms with Gasteiger partial charge in [0.1, 0.15) is 5.82 Å². The van der Waals surface area contributed by atoms with Crippen molar-refractivity contribution in [1.82, 2.24) is 10.2 Å². The van der Waals surface area contributed by atoms with E-state index in [0.29, 0.717) is 38.0 Å². The number of benzene rings is 1. The first-order valence-corrected chi connectivity index (χ1v) is 9.20. The van der Waals surface area contributed by atoms with Crippen molar-refractivity contribution in [2.75, 3.05) is 19.6 Å². The first kappa shape index (κ1) is 17.9. The topological polar surface area (TPSA) is 49.4 Å². The molecule has 0 unspecified atom stereocenters. The van der Waals surface area contributed by atoms with Gasteiger partial charge in [0.2, 0.25) is 11.8 Å². The molecule has 3 rings (SSSR count). The Hall–Kier alpha value is -1.91. The molecule has 1 heterocycles. The monoisotopic (exact) mass is 346 g/mol. The first-order chi connectivity index (χ1) is 11.9. The number of piperidine rings is 1. The van der Waals surface area contributed by atoms with E-state index in [-0.39, 0.29) is 29.5 Å². The van der Waals surface area contributed by atoms with E-state index >= 15 is 0 Å². The van der Waals surface area contributed by atoms with E-state index in [2.05, 4.69) is 5.32 Å². The molecule has 0 aromatic heterocycles. The molecule has 2 fully saturated rings. The van der Waals surface area contributed by atoms with E-state index in [1.807, 2.05) is 24.8 Å². The summed E-state index contributed by atoms with van der Waals surface area (Å²) in [5.41, 5.74) is 0.143. The lowest BCUT2D eigenvalue weighted by Gasteiger charge is -2.32. The van der Waals surface area contributed by atoms with Crippen LogP contribution in [0.2, 0.25) is 0 Å². The normalized spacial score (nSPS) is 18.9. The summed E-state index contributed by atoms with van der Waals surface area (Å²) < 4.78 is 14.0. The molecule has 1 saturated carbocycles. The van der Waals surface area contributed by atoms with Gasteiger partial charge in [-0.1, -0.05) is 32.0 Å². The van der Waals surface area contributed by atoms with Crippen LogP contribution in [-0.2, 0) is 15.0 Å². The number of likely N-dealkylation sites (tertiary alicyclic amines) is 1. The standard InChI is InChI=1S/C20H27FN2O2/c1-20(2,16-5-3-4-6-17(16)21)13-22-18(24)14-9-11-23(12-10-14)19(25)15-7-8-15/h3-6,14-15H,7-13H2,1-2H3,(H,22,24). The molecule has 1 aliphatic carbocycles. The van der Waals surface area contributed by atoms with Crippen LogP contribution in [0.4, 0.5) is 4.39 Å². The van der Waals surface area contributed by atoms with Crippen molar-refractivity contribution < 1.29 is 14.0 Å². The highest BCUT2D eigenvalue weighted by Gasteiger charge is 2.36. The molecular formula is C20H27FN2O2. The Balaban J connectivity index is 1.49. The third-order valence-corrected chi connectivity index (χ3v) is 5.41. The number of hydrogen-bond donors (Lipinski definition) is 1. The zero-order valence-corrected chi connectivity index (χ0v) is 15.1. The predicted octanol–water partition coefficient (Wildman–Crippen LogP) is 2.87. The summed E-state index contributed by atoms with van der Waals surface area (Å²) in [6.45, 7) is 5.60. The third kappa shape index (κ3) is 4.20. The van der Waals surface area contributed by atoms with E-state index in [4.69, 9.17) is 0 Å². The van der Waals surface area contributed by atoms with Gasteiger partial charge in [-0.3, -0.25) is 9.59 Å². The van der Waals surface area contributed by atoms with Gasteiger partial charge in [-0.25, -0.2) is 4.39 Å². The number of carbonyl (C=O) groups excluding carboxylic acids is 2. The maximum atomic E-state index is 14.0. The van der Waals surface area contributed by atoms with Crippen molar-refractivity contribution in [1.29, 1.82) is 0 Å². The van der Waals surface area contributed by atoms with Crippen LogP contribution in [0.1, 0.15) is 45.1 Å². The number of rotatable bonds is 5. The van der Waals surface area contributed by atoms with E-state index in [0.717, 1.165) is 12.8 Å². The second-order valence-electron chi connectivity index (χ2n) is 7.96. The number of nitrogens with one attached hydrogen (secondary N) is 1. The second-order valence-corrected chi connectivity index (χ2v) is 7.96. The van der Waals surface area contributed by atoms with Crippen LogP contribution in [0.15, 0.2) is 24.3 Å². The van der Waals surface area contributed by atoms with Gasteiger partial charge in [-0.05, 0) is 37.3 Å². The molecule has 4 nitrogen and oxygen atoms in total. The van der Waals surface area contributed by atoms with Gasteiger partial charge in [0.15, 0.2) is 0 Å². The van der Waals surface area contributed by atoms with E-state index in [9.17, 15) is 14.0 Å². The highest BCUT2D eigenvalue weighted by Crippen LogP contribution is 2.32. The lowest BCUT2D eigenvalue weighted by Crippen LogP contribution is -2.45. The fraction of sp³-hybridized carbons (Fsp3) is 0.600. The Morgan fingerprint density at radius 3 is 2.36 bits per heavy atom. The lowest BCUT2D eigenvalue weighted by molar-refractivity contribution is -0.136. The Kier molecular flexibility index (Phi) is 5.11. The number of hydrogen-bond acceptors (Lipinski definition) is 2. The molecular weight excluding hydrogens is 319 g/mol. The quantitative estimate of drug-likeness (QED) is 0.891. The van der Waals surface area contributed by atoms with Crippen LogP contribution in [0.3, 0.4) is 0 Å². The minimum absolute atomic E-state index is 0.0166. The molecule has 136 valence electrons. The molecule has 5 heteroatoms. The summed E-state index contributed by atoms with van der Waals surface area (Å²) in [7, 11) is 0. The minimum Gasteiger partial charge on any atom is -0.355 e. The lowest BCUT2D eigenvalue weighted by atomic mass is 9.84. The van der Waals surface area contributed by atoms with Crippen LogP contribution in [0.25, 0.3) is 0 Å². The third-order valence-electron chi connectivity index (χ3n) is 5.41. The summed E-state index contributed by atoms with van der Waals surface area (Å²) in [6, 6.07) is 6.70. The van der Waals surface area contributed by atoms with Gasteiger partial charge in [0.25, 0.3) is 0 Å². The maximum absolute atomic E-state index is 14.0. The summed E-state index contributed by atoms with van der Waals surface area (Å²) >= 11 is 0. The Morgan fingerprint density at radius 1 is 1.12 bits per heavy atom. The van der Waals surface area contributed by atoms with E-state index < -0.39 is 5.41 Å². The first-order valence-electron chi connectivity index (χ1n) is 9.20. The Labute approximate surface area is 148 Å². The van der Waals surface area contributed by atoms with Gasteiger partial charge in [0.05, 0.1) is 0 Å². The molecule has 2 amide bonds. The van der Waals surface area contributed by atoms with E-state index in [1.165, 1.54) is 6.07 Å². The van der Waals surface area contributed by atoms with Crippen molar-refractivity contribution in [2.24, 2.45) is 11.8 Å². The number of carbonyl (C=O) groups is 2. The Bertz CT molecular complexity index is 647. The molecule has 0 atom stereocenters. The van der Waals surface area contributed by atoms with Crippen LogP contribution < -0.4 is 5.32 Å². The van der Waals surface area contributed by atoms with Crippen LogP contribution in [0, 0.1) is 17.7 Å². The predicted molar refractivity (Wildman–Crippen MR) is 94.5 cm³/mol. The summed E-state index contributed by atoms with van der Waals surface area (Å²) in [6.07, 6.45) is 3.46. The SMILES string of the molecule is CC(C)(CNC(=O)C1CCN(C(=O)C2CC2)CC1)c1ccccc1F. The average Bonchev–Trinajstić information content (AvgIpc) is 3.44. The maximum Gasteiger partial charge on any atom is 0.225 e. The van der Waals surface area contributed by atoms with Crippen molar-refractivity contribution in [3.8, 4) is 0 Å². The van der Waals surface area contributed by atoms with Crippen molar-refractivity contribution >= 4 is 11.8 Å². The van der Waals surface area contributed by atoms with Crippen molar-refractivity contribution in [3.05, 3.63) is 35.6 Å². The van der Waals surface area contributed by atoms with Gasteiger partial charge in [-0.2, -0.15) is 0 Å². The fourth-order valence-corrected chi connectivity index (χ4v) is 3.51. The Morgan fingerprint density at radius 2 is 1.76 bits per heavy atom. The smallest absolute Gasteiger partial charge is 0.225 e. The van der Waals surface area contributed by atoms with Crippen LogP contribution >= 0.6 is 0 Å². The highest BCUT2D eigenvalue weighted by molar-refractivity contribution is 5.82. The van der Waals surface area contributed by atoms with Gasteiger partial charge in [0, 0.05) is 36.9 Å². The molecule has 1 N–H and O–H groups in total. The summed E-state index contributed by atoms with van der Waals surface area (Å²) in [5, 5.41) is 2.99. The zero-order valence-electron chi connectivity index (χ0n) is 15.1. The van der Waals surface area contributed by atoms with Gasteiger partial charge < -0.3 is 10.2 Å². The molecule has 2 aliphatic rings. The molecule has 1 aromatic carbocycles. The van der Waals surface area contributed by atoms with Crippen molar-refractivity contribution in [3.63, 3.8) is 0 Å². The molecule has 1 saturated heterocycles.